The first kappa shape index (κ1) is 13.1. The molecule has 0 radical (unpaired) electrons. The summed E-state index contributed by atoms with van der Waals surface area (Å²) in [6.07, 6.45) is 0. The average Bonchev–Trinajstić information content (AvgIpc) is 2.37. The molecule has 1 atom stereocenters. The second-order valence-corrected chi connectivity index (χ2v) is 5.46. The zero-order chi connectivity index (χ0) is 13.0. The molecular weight excluding hydrogens is 245 g/mol. The molecule has 2 aromatic carbocycles. The van der Waals surface area contributed by atoms with Crippen LogP contribution in [0.5, 0.6) is 0 Å². The van der Waals surface area contributed by atoms with E-state index in [1.165, 1.54) is 11.6 Å². The van der Waals surface area contributed by atoms with Gasteiger partial charge in [-0.3, -0.25) is 0 Å². The van der Waals surface area contributed by atoms with E-state index in [4.69, 9.17) is 5.73 Å². The molecule has 0 fully saturated rings. The lowest BCUT2D eigenvalue weighted by Gasteiger charge is -2.15. The van der Waals surface area contributed by atoms with Gasteiger partial charge in [0, 0.05) is 22.3 Å². The predicted molar refractivity (Wildman–Crippen MR) is 75.2 cm³/mol. The van der Waals surface area contributed by atoms with Gasteiger partial charge in [-0.05, 0) is 25.1 Å². The Morgan fingerprint density at radius 2 is 1.94 bits per heavy atom. The van der Waals surface area contributed by atoms with E-state index in [-0.39, 0.29) is 11.1 Å². The Bertz CT molecular complexity index is 527. The Balaban J connectivity index is 2.23. The highest BCUT2D eigenvalue weighted by Gasteiger charge is 2.15. The number of benzene rings is 2. The van der Waals surface area contributed by atoms with Gasteiger partial charge in [-0.15, -0.1) is 11.8 Å². The second-order valence-electron chi connectivity index (χ2n) is 4.18. The Morgan fingerprint density at radius 3 is 2.61 bits per heavy atom. The zero-order valence-electron chi connectivity index (χ0n) is 10.3. The van der Waals surface area contributed by atoms with Gasteiger partial charge in [0.25, 0.3) is 0 Å². The van der Waals surface area contributed by atoms with Gasteiger partial charge in [0.15, 0.2) is 0 Å². The Kier molecular flexibility index (Phi) is 4.39. The van der Waals surface area contributed by atoms with E-state index in [0.29, 0.717) is 12.1 Å². The first-order valence-electron chi connectivity index (χ1n) is 5.88. The van der Waals surface area contributed by atoms with Crippen LogP contribution in [0.3, 0.4) is 0 Å². The fourth-order valence-electron chi connectivity index (χ4n) is 1.83. The van der Waals surface area contributed by atoms with Crippen LogP contribution in [-0.4, -0.2) is 6.54 Å². The van der Waals surface area contributed by atoms with Crippen molar-refractivity contribution in [3.8, 4) is 0 Å². The van der Waals surface area contributed by atoms with Gasteiger partial charge in [0.05, 0.1) is 0 Å². The molecule has 0 amide bonds. The smallest absolute Gasteiger partial charge is 0.127 e. The summed E-state index contributed by atoms with van der Waals surface area (Å²) in [5, 5.41) is -0.0481. The van der Waals surface area contributed by atoms with Crippen molar-refractivity contribution in [3.05, 3.63) is 65.5 Å². The summed E-state index contributed by atoms with van der Waals surface area (Å²) in [6.45, 7) is 2.46. The minimum Gasteiger partial charge on any atom is -0.329 e. The molecule has 0 heterocycles. The van der Waals surface area contributed by atoms with E-state index < -0.39 is 0 Å². The summed E-state index contributed by atoms with van der Waals surface area (Å²) in [7, 11) is 0. The van der Waals surface area contributed by atoms with Gasteiger partial charge in [0.1, 0.15) is 5.82 Å². The van der Waals surface area contributed by atoms with Crippen LogP contribution in [-0.2, 0) is 0 Å². The summed E-state index contributed by atoms with van der Waals surface area (Å²) in [6, 6.07) is 15.0. The van der Waals surface area contributed by atoms with Crippen LogP contribution in [0.15, 0.2) is 53.4 Å². The molecule has 0 saturated heterocycles. The summed E-state index contributed by atoms with van der Waals surface area (Å²) >= 11 is 1.61. The standard InChI is InChI=1S/C15H16FNS/c1-11-5-4-6-12(9-11)18-15(10-17)13-7-2-3-8-14(13)16/h2-9,15H,10,17H2,1H3. The minimum atomic E-state index is -0.187. The molecule has 94 valence electrons. The van der Waals surface area contributed by atoms with E-state index in [1.807, 2.05) is 31.2 Å². The SMILES string of the molecule is Cc1cccc(SC(CN)c2ccccc2F)c1. The molecular formula is C15H16FNS. The fourth-order valence-corrected chi connectivity index (χ4v) is 2.98. The molecule has 0 aromatic heterocycles. The number of halogens is 1. The highest BCUT2D eigenvalue weighted by molar-refractivity contribution is 7.99. The summed E-state index contributed by atoms with van der Waals surface area (Å²) in [5.74, 6) is -0.187. The molecule has 1 nitrogen and oxygen atoms in total. The van der Waals surface area contributed by atoms with Crippen LogP contribution < -0.4 is 5.73 Å². The van der Waals surface area contributed by atoms with Gasteiger partial charge >= 0.3 is 0 Å². The molecule has 0 aliphatic carbocycles. The van der Waals surface area contributed by atoms with Crippen molar-refractivity contribution < 1.29 is 4.39 Å². The highest BCUT2D eigenvalue weighted by Crippen LogP contribution is 2.35. The molecule has 2 N–H and O–H groups in total. The molecule has 3 heteroatoms. The number of rotatable bonds is 4. The largest absolute Gasteiger partial charge is 0.329 e. The predicted octanol–water partition coefficient (Wildman–Crippen LogP) is 3.93. The van der Waals surface area contributed by atoms with Crippen LogP contribution in [0, 0.1) is 12.7 Å². The number of hydrogen-bond acceptors (Lipinski definition) is 2. The second kappa shape index (κ2) is 6.03. The molecule has 0 bridgehead atoms. The maximum Gasteiger partial charge on any atom is 0.127 e. The third-order valence-electron chi connectivity index (χ3n) is 2.73. The van der Waals surface area contributed by atoms with Crippen LogP contribution in [0.1, 0.15) is 16.4 Å². The minimum absolute atomic E-state index is 0.0481. The van der Waals surface area contributed by atoms with Crippen molar-refractivity contribution in [1.82, 2.24) is 0 Å². The van der Waals surface area contributed by atoms with Crippen molar-refractivity contribution in [1.29, 1.82) is 0 Å². The number of nitrogens with two attached hydrogens (primary N) is 1. The van der Waals surface area contributed by atoms with Crippen molar-refractivity contribution in [2.45, 2.75) is 17.1 Å². The maximum absolute atomic E-state index is 13.7. The summed E-state index contributed by atoms with van der Waals surface area (Å²) < 4.78 is 13.7. The van der Waals surface area contributed by atoms with Crippen LogP contribution in [0.2, 0.25) is 0 Å². The number of thioether (sulfide) groups is 1. The number of aryl methyl sites for hydroxylation is 1. The average molecular weight is 261 g/mol. The normalized spacial score (nSPS) is 12.4. The van der Waals surface area contributed by atoms with Gasteiger partial charge in [-0.1, -0.05) is 35.9 Å². The van der Waals surface area contributed by atoms with Gasteiger partial charge in [-0.25, -0.2) is 4.39 Å². The van der Waals surface area contributed by atoms with Crippen molar-refractivity contribution in [2.24, 2.45) is 5.73 Å². The van der Waals surface area contributed by atoms with Crippen LogP contribution >= 0.6 is 11.8 Å². The Labute approximate surface area is 111 Å². The first-order chi connectivity index (χ1) is 8.70. The molecule has 0 saturated carbocycles. The van der Waals surface area contributed by atoms with Crippen molar-refractivity contribution in [2.75, 3.05) is 6.54 Å². The van der Waals surface area contributed by atoms with Crippen molar-refractivity contribution >= 4 is 11.8 Å². The van der Waals surface area contributed by atoms with Gasteiger partial charge < -0.3 is 5.73 Å². The van der Waals surface area contributed by atoms with Crippen LogP contribution in [0.25, 0.3) is 0 Å². The molecule has 2 aromatic rings. The molecule has 0 spiro atoms. The Morgan fingerprint density at radius 1 is 1.17 bits per heavy atom. The van der Waals surface area contributed by atoms with Crippen molar-refractivity contribution in [3.63, 3.8) is 0 Å². The maximum atomic E-state index is 13.7. The molecule has 0 aliphatic heterocycles. The topological polar surface area (TPSA) is 26.0 Å². The van der Waals surface area contributed by atoms with E-state index in [1.54, 1.807) is 23.9 Å². The van der Waals surface area contributed by atoms with Gasteiger partial charge in [0.2, 0.25) is 0 Å². The number of hydrogen-bond donors (Lipinski definition) is 1. The molecule has 1 unspecified atom stereocenters. The monoisotopic (exact) mass is 261 g/mol. The summed E-state index contributed by atoms with van der Waals surface area (Å²) in [5.41, 5.74) is 7.64. The van der Waals surface area contributed by atoms with E-state index in [9.17, 15) is 4.39 Å². The zero-order valence-corrected chi connectivity index (χ0v) is 11.1. The van der Waals surface area contributed by atoms with Gasteiger partial charge in [-0.2, -0.15) is 0 Å². The van der Waals surface area contributed by atoms with E-state index in [2.05, 4.69) is 6.07 Å². The molecule has 18 heavy (non-hydrogen) atoms. The lowest BCUT2D eigenvalue weighted by atomic mass is 10.1. The quantitative estimate of drug-likeness (QED) is 0.844. The molecule has 2 rings (SSSR count). The lowest BCUT2D eigenvalue weighted by Crippen LogP contribution is -2.10. The highest BCUT2D eigenvalue weighted by atomic mass is 32.2. The third kappa shape index (κ3) is 3.12. The lowest BCUT2D eigenvalue weighted by molar-refractivity contribution is 0.608. The van der Waals surface area contributed by atoms with E-state index >= 15 is 0 Å². The Hall–Kier alpha value is -1.32. The fraction of sp³-hybridized carbons (Fsp3) is 0.200. The molecule has 0 aliphatic rings. The van der Waals surface area contributed by atoms with E-state index in [0.717, 1.165) is 4.90 Å². The first-order valence-corrected chi connectivity index (χ1v) is 6.76. The summed E-state index contributed by atoms with van der Waals surface area (Å²) in [4.78, 5) is 1.12. The van der Waals surface area contributed by atoms with Crippen LogP contribution in [0.4, 0.5) is 4.39 Å². The third-order valence-corrected chi connectivity index (χ3v) is 3.99.